The van der Waals surface area contributed by atoms with Crippen LogP contribution in [-0.4, -0.2) is 52.2 Å². The molecule has 9 nitrogen and oxygen atoms in total. The molecule has 184 valence electrons. The summed E-state index contributed by atoms with van der Waals surface area (Å²) in [6, 6.07) is 14.6. The van der Waals surface area contributed by atoms with Crippen molar-refractivity contribution in [1.82, 2.24) is 4.98 Å². The number of carbonyl (C=O) groups is 1. The molecule has 0 spiro atoms. The van der Waals surface area contributed by atoms with Gasteiger partial charge in [-0.25, -0.2) is 13.4 Å². The molecule has 0 aliphatic carbocycles. The molecule has 0 unspecified atom stereocenters. The number of nitrogens with zero attached hydrogens (tertiary/aromatic N) is 2. The van der Waals surface area contributed by atoms with Gasteiger partial charge < -0.3 is 19.7 Å². The highest BCUT2D eigenvalue weighted by Gasteiger charge is 2.25. The lowest BCUT2D eigenvalue weighted by Crippen LogP contribution is -2.37. The van der Waals surface area contributed by atoms with Gasteiger partial charge in [0.15, 0.2) is 0 Å². The van der Waals surface area contributed by atoms with E-state index in [9.17, 15) is 13.2 Å². The summed E-state index contributed by atoms with van der Waals surface area (Å²) in [6.45, 7) is 4.18. The van der Waals surface area contributed by atoms with Crippen molar-refractivity contribution in [3.05, 3.63) is 71.4 Å². The molecule has 2 heterocycles. The monoisotopic (exact) mass is 516 g/mol. The molecule has 0 radical (unpaired) electrons. The molecule has 1 fully saturated rings. The minimum absolute atomic E-state index is 0.00772. The van der Waals surface area contributed by atoms with E-state index in [1.54, 1.807) is 55.5 Å². The second kappa shape index (κ2) is 10.9. The number of benzene rings is 2. The summed E-state index contributed by atoms with van der Waals surface area (Å²) in [6.07, 6.45) is 1.53. The lowest BCUT2D eigenvalue weighted by molar-refractivity contribution is 0.102. The van der Waals surface area contributed by atoms with Crippen LogP contribution in [0.25, 0.3) is 0 Å². The molecule has 1 saturated heterocycles. The molecule has 0 saturated carbocycles. The van der Waals surface area contributed by atoms with Crippen molar-refractivity contribution in [3.63, 3.8) is 0 Å². The second-order valence-electron chi connectivity index (χ2n) is 7.61. The minimum atomic E-state index is -4.06. The van der Waals surface area contributed by atoms with Gasteiger partial charge in [-0.2, -0.15) is 0 Å². The van der Waals surface area contributed by atoms with Gasteiger partial charge in [0.25, 0.3) is 15.9 Å². The number of pyridine rings is 1. The molecule has 0 bridgehead atoms. The number of anilines is 3. The summed E-state index contributed by atoms with van der Waals surface area (Å²) in [5, 5.41) is 3.03. The Kier molecular flexibility index (Phi) is 7.74. The molecule has 4 rings (SSSR count). The minimum Gasteiger partial charge on any atom is -0.477 e. The lowest BCUT2D eigenvalue weighted by atomic mass is 10.2. The van der Waals surface area contributed by atoms with Gasteiger partial charge in [-0.3, -0.25) is 9.52 Å². The third kappa shape index (κ3) is 5.84. The number of aromatic nitrogens is 1. The maximum atomic E-state index is 13.5. The van der Waals surface area contributed by atoms with Gasteiger partial charge in [0.1, 0.15) is 10.5 Å². The van der Waals surface area contributed by atoms with E-state index in [2.05, 4.69) is 15.0 Å². The Morgan fingerprint density at radius 3 is 2.66 bits per heavy atom. The third-order valence-corrected chi connectivity index (χ3v) is 7.00. The molecule has 2 aromatic carbocycles. The Hall–Kier alpha value is -3.34. The summed E-state index contributed by atoms with van der Waals surface area (Å²) >= 11 is 6.19. The summed E-state index contributed by atoms with van der Waals surface area (Å²) in [5.74, 6) is -0.270. The molecule has 1 aromatic heterocycles. The highest BCUT2D eigenvalue weighted by Crippen LogP contribution is 2.32. The molecular weight excluding hydrogens is 492 g/mol. The molecule has 2 N–H and O–H groups in total. The zero-order valence-corrected chi connectivity index (χ0v) is 20.6. The fraction of sp³-hybridized carbons (Fsp3) is 0.250. The Labute approximate surface area is 209 Å². The van der Waals surface area contributed by atoms with Crippen molar-refractivity contribution >= 4 is 44.6 Å². The van der Waals surface area contributed by atoms with E-state index < -0.39 is 15.9 Å². The van der Waals surface area contributed by atoms with Gasteiger partial charge in [0, 0.05) is 25.0 Å². The zero-order valence-electron chi connectivity index (χ0n) is 19.0. The number of carbonyl (C=O) groups excluding carboxylic acids is 1. The van der Waals surface area contributed by atoms with Gasteiger partial charge in [-0.15, -0.1) is 0 Å². The molecule has 35 heavy (non-hydrogen) atoms. The number of para-hydroxylation sites is 1. The highest BCUT2D eigenvalue weighted by molar-refractivity contribution is 7.93. The summed E-state index contributed by atoms with van der Waals surface area (Å²) in [7, 11) is -4.06. The van der Waals surface area contributed by atoms with Crippen molar-refractivity contribution in [2.45, 2.75) is 11.8 Å². The van der Waals surface area contributed by atoms with Crippen molar-refractivity contribution in [2.24, 2.45) is 0 Å². The summed E-state index contributed by atoms with van der Waals surface area (Å²) in [4.78, 5) is 19.0. The van der Waals surface area contributed by atoms with Crippen LogP contribution in [0.4, 0.5) is 17.1 Å². The zero-order chi connectivity index (χ0) is 24.8. The normalized spacial score (nSPS) is 13.8. The second-order valence-corrected chi connectivity index (χ2v) is 9.67. The number of rotatable bonds is 8. The number of halogens is 1. The third-order valence-electron chi connectivity index (χ3n) is 5.27. The van der Waals surface area contributed by atoms with E-state index in [0.717, 1.165) is 0 Å². The molecule has 11 heteroatoms. The average molecular weight is 517 g/mol. The number of ether oxygens (including phenoxy) is 2. The quantitative estimate of drug-likeness (QED) is 0.465. The van der Waals surface area contributed by atoms with Crippen LogP contribution in [0.3, 0.4) is 0 Å². The number of amides is 1. The number of hydrogen-bond acceptors (Lipinski definition) is 7. The first-order chi connectivity index (χ1) is 16.9. The van der Waals surface area contributed by atoms with Gasteiger partial charge in [-0.05, 0) is 49.4 Å². The number of nitrogens with one attached hydrogen (secondary N) is 2. The van der Waals surface area contributed by atoms with Crippen molar-refractivity contribution in [2.75, 3.05) is 47.8 Å². The fourth-order valence-electron chi connectivity index (χ4n) is 3.63. The van der Waals surface area contributed by atoms with Gasteiger partial charge in [0.05, 0.1) is 36.2 Å². The van der Waals surface area contributed by atoms with Crippen LogP contribution < -0.4 is 19.7 Å². The average Bonchev–Trinajstić information content (AvgIpc) is 2.86. The van der Waals surface area contributed by atoms with E-state index in [0.29, 0.717) is 44.3 Å². The SMILES string of the molecule is CCOc1ncccc1C(=O)Nc1ccc(N2CCOCC2)c(S(=O)(=O)Nc2ccccc2Cl)c1. The Balaban J connectivity index is 1.70. The van der Waals surface area contributed by atoms with Crippen molar-refractivity contribution < 1.29 is 22.7 Å². The Bertz CT molecular complexity index is 1310. The molecular formula is C24H25ClN4O5S. The topological polar surface area (TPSA) is 110 Å². The summed E-state index contributed by atoms with van der Waals surface area (Å²) < 4.78 is 40.4. The van der Waals surface area contributed by atoms with Gasteiger partial charge >= 0.3 is 0 Å². The predicted octanol–water partition coefficient (Wildman–Crippen LogP) is 4.02. The predicted molar refractivity (Wildman–Crippen MR) is 135 cm³/mol. The van der Waals surface area contributed by atoms with E-state index in [1.807, 2.05) is 4.90 Å². The largest absolute Gasteiger partial charge is 0.477 e. The van der Waals surface area contributed by atoms with Crippen LogP contribution >= 0.6 is 11.6 Å². The number of hydrogen-bond donors (Lipinski definition) is 2. The van der Waals surface area contributed by atoms with Crippen molar-refractivity contribution in [3.8, 4) is 5.88 Å². The fourth-order valence-corrected chi connectivity index (χ4v) is 5.20. The molecule has 1 aliphatic rings. The van der Waals surface area contributed by atoms with E-state index in [1.165, 1.54) is 12.3 Å². The van der Waals surface area contributed by atoms with Crippen LogP contribution in [-0.2, 0) is 14.8 Å². The maximum Gasteiger partial charge on any atom is 0.264 e. The number of morpholine rings is 1. The molecule has 1 aliphatic heterocycles. The van der Waals surface area contributed by atoms with Crippen LogP contribution in [0.1, 0.15) is 17.3 Å². The Morgan fingerprint density at radius 2 is 1.91 bits per heavy atom. The maximum absolute atomic E-state index is 13.5. The molecule has 1 amide bonds. The first-order valence-corrected chi connectivity index (χ1v) is 12.9. The summed E-state index contributed by atoms with van der Waals surface area (Å²) in [5.41, 5.74) is 1.30. The van der Waals surface area contributed by atoms with Crippen LogP contribution in [0.15, 0.2) is 65.7 Å². The van der Waals surface area contributed by atoms with E-state index in [4.69, 9.17) is 21.1 Å². The Morgan fingerprint density at radius 1 is 1.14 bits per heavy atom. The van der Waals surface area contributed by atoms with Crippen LogP contribution in [0.5, 0.6) is 5.88 Å². The number of sulfonamides is 1. The molecule has 3 aromatic rings. The lowest BCUT2D eigenvalue weighted by Gasteiger charge is -2.30. The van der Waals surface area contributed by atoms with Gasteiger partial charge in [-0.1, -0.05) is 23.7 Å². The van der Waals surface area contributed by atoms with Crippen LogP contribution in [0, 0.1) is 0 Å². The first kappa shape index (κ1) is 24.8. The molecule has 0 atom stereocenters. The first-order valence-electron chi connectivity index (χ1n) is 11.0. The van der Waals surface area contributed by atoms with Gasteiger partial charge in [0.2, 0.25) is 5.88 Å². The van der Waals surface area contributed by atoms with Crippen molar-refractivity contribution in [1.29, 1.82) is 0 Å². The smallest absolute Gasteiger partial charge is 0.264 e. The standard InChI is InChI=1S/C24H25ClN4O5S/c1-2-34-24-18(6-5-11-26-24)23(30)27-17-9-10-21(29-12-14-33-15-13-29)22(16-17)35(31,32)28-20-8-4-3-7-19(20)25/h3-11,16,28H,2,12-15H2,1H3,(H,27,30). The van der Waals surface area contributed by atoms with E-state index in [-0.39, 0.29) is 27.0 Å². The highest BCUT2D eigenvalue weighted by atomic mass is 35.5. The van der Waals surface area contributed by atoms with E-state index >= 15 is 0 Å². The van der Waals surface area contributed by atoms with Crippen LogP contribution in [0.2, 0.25) is 5.02 Å².